The van der Waals surface area contributed by atoms with Crippen LogP contribution in [0.5, 0.6) is 0 Å². The lowest BCUT2D eigenvalue weighted by Crippen LogP contribution is -2.21. The molecule has 0 saturated carbocycles. The topological polar surface area (TPSA) is 54.4 Å². The molecule has 2 rings (SSSR count). The predicted molar refractivity (Wildman–Crippen MR) is 76.0 cm³/mol. The van der Waals surface area contributed by atoms with Crippen molar-refractivity contribution >= 4 is 9.84 Å². The summed E-state index contributed by atoms with van der Waals surface area (Å²) in [4.78, 5) is -0.107. The molecule has 7 heteroatoms. The van der Waals surface area contributed by atoms with Crippen molar-refractivity contribution in [3.63, 3.8) is 0 Å². The van der Waals surface area contributed by atoms with E-state index in [0.717, 1.165) is 24.5 Å². The Morgan fingerprint density at radius 2 is 1.64 bits per heavy atom. The number of benzene rings is 2. The first-order chi connectivity index (χ1) is 10.1. The molecule has 0 saturated heterocycles. The van der Waals surface area contributed by atoms with Gasteiger partial charge in [-0.15, -0.1) is 0 Å². The van der Waals surface area contributed by atoms with Crippen LogP contribution in [0.1, 0.15) is 11.7 Å². The number of rotatable bonds is 3. The average Bonchev–Trinajstić information content (AvgIpc) is 2.45. The summed E-state index contributed by atoms with van der Waals surface area (Å²) in [6, 6.07) is 11.2. The highest BCUT2D eigenvalue weighted by Gasteiger charge is 2.40. The van der Waals surface area contributed by atoms with Crippen molar-refractivity contribution in [1.82, 2.24) is 0 Å². The lowest BCUT2D eigenvalue weighted by Gasteiger charge is -2.19. The van der Waals surface area contributed by atoms with Crippen LogP contribution in [0.3, 0.4) is 0 Å². The van der Waals surface area contributed by atoms with Crippen molar-refractivity contribution in [2.75, 3.05) is 6.26 Å². The highest BCUT2D eigenvalue weighted by Crippen LogP contribution is 2.38. The zero-order valence-electron chi connectivity index (χ0n) is 11.5. The van der Waals surface area contributed by atoms with E-state index in [2.05, 4.69) is 0 Å². The van der Waals surface area contributed by atoms with E-state index in [4.69, 9.17) is 0 Å². The molecule has 0 spiro atoms. The number of alkyl halides is 3. The molecule has 118 valence electrons. The molecule has 0 fully saturated rings. The summed E-state index contributed by atoms with van der Waals surface area (Å²) in [5, 5.41) is 9.52. The van der Waals surface area contributed by atoms with Gasteiger partial charge in [0.25, 0.3) is 0 Å². The summed E-state index contributed by atoms with van der Waals surface area (Å²) in [7, 11) is -3.57. The third-order valence-corrected chi connectivity index (χ3v) is 4.25. The summed E-state index contributed by atoms with van der Waals surface area (Å²) in [6.07, 6.45) is -6.55. The van der Waals surface area contributed by atoms with Gasteiger partial charge < -0.3 is 5.11 Å². The second-order valence-electron chi connectivity index (χ2n) is 4.83. The van der Waals surface area contributed by atoms with Gasteiger partial charge in [-0.3, -0.25) is 0 Å². The van der Waals surface area contributed by atoms with Crippen molar-refractivity contribution in [1.29, 1.82) is 0 Å². The van der Waals surface area contributed by atoms with Crippen molar-refractivity contribution in [3.8, 4) is 11.1 Å². The minimum atomic E-state index is -4.84. The zero-order valence-corrected chi connectivity index (χ0v) is 12.3. The molecule has 0 aliphatic carbocycles. The summed E-state index contributed by atoms with van der Waals surface area (Å²) < 4.78 is 61.6. The molecule has 0 unspecified atom stereocenters. The Morgan fingerprint density at radius 1 is 1.05 bits per heavy atom. The Labute approximate surface area is 125 Å². The van der Waals surface area contributed by atoms with Gasteiger partial charge in [0.2, 0.25) is 0 Å². The quantitative estimate of drug-likeness (QED) is 0.939. The van der Waals surface area contributed by atoms with Gasteiger partial charge in [-0.2, -0.15) is 13.2 Å². The number of hydrogen-bond donors (Lipinski definition) is 1. The fraction of sp³-hybridized carbons (Fsp3) is 0.200. The third-order valence-electron chi connectivity index (χ3n) is 3.14. The van der Waals surface area contributed by atoms with Crippen LogP contribution in [0.25, 0.3) is 11.1 Å². The van der Waals surface area contributed by atoms with Crippen LogP contribution in [0.15, 0.2) is 53.4 Å². The molecular weight excluding hydrogens is 317 g/mol. The first-order valence-electron chi connectivity index (χ1n) is 6.25. The third kappa shape index (κ3) is 3.48. The summed E-state index contributed by atoms with van der Waals surface area (Å²) in [6.45, 7) is 0. The van der Waals surface area contributed by atoms with Gasteiger partial charge in [0, 0.05) is 6.26 Å². The molecule has 0 aliphatic rings. The van der Waals surface area contributed by atoms with Crippen LogP contribution < -0.4 is 0 Å². The van der Waals surface area contributed by atoms with Gasteiger partial charge >= 0.3 is 6.18 Å². The Hall–Kier alpha value is -1.86. The summed E-state index contributed by atoms with van der Waals surface area (Å²) in [5.41, 5.74) is 0.0470. The van der Waals surface area contributed by atoms with E-state index in [9.17, 15) is 26.7 Å². The first-order valence-corrected chi connectivity index (χ1v) is 8.14. The molecule has 2 aromatic rings. The van der Waals surface area contributed by atoms with Gasteiger partial charge in [0.15, 0.2) is 15.9 Å². The van der Waals surface area contributed by atoms with Gasteiger partial charge in [0.1, 0.15) is 0 Å². The molecule has 0 aliphatic heterocycles. The van der Waals surface area contributed by atoms with E-state index in [1.165, 1.54) is 0 Å². The Balaban J connectivity index is 2.70. The lowest BCUT2D eigenvalue weighted by molar-refractivity contribution is -0.206. The van der Waals surface area contributed by atoms with Crippen LogP contribution in [0.2, 0.25) is 0 Å². The summed E-state index contributed by atoms with van der Waals surface area (Å²) >= 11 is 0. The van der Waals surface area contributed by atoms with Crippen molar-refractivity contribution in [3.05, 3.63) is 54.1 Å². The van der Waals surface area contributed by atoms with E-state index >= 15 is 0 Å². The van der Waals surface area contributed by atoms with Crippen LogP contribution in [0.4, 0.5) is 13.2 Å². The van der Waals surface area contributed by atoms with Gasteiger partial charge in [-0.1, -0.05) is 36.4 Å². The van der Waals surface area contributed by atoms with Crippen LogP contribution in [-0.4, -0.2) is 26.0 Å². The summed E-state index contributed by atoms with van der Waals surface area (Å²) in [5.74, 6) is 0. The Morgan fingerprint density at radius 3 is 2.14 bits per heavy atom. The van der Waals surface area contributed by atoms with Crippen LogP contribution >= 0.6 is 0 Å². The first kappa shape index (κ1) is 16.5. The highest BCUT2D eigenvalue weighted by molar-refractivity contribution is 7.90. The minimum Gasteiger partial charge on any atom is -0.379 e. The zero-order chi connectivity index (χ0) is 16.5. The predicted octanol–water partition coefficient (Wildman–Crippen LogP) is 3.35. The molecule has 0 bridgehead atoms. The maximum atomic E-state index is 12.8. The number of halogens is 3. The van der Waals surface area contributed by atoms with Gasteiger partial charge in [-0.05, 0) is 28.8 Å². The molecule has 22 heavy (non-hydrogen) atoms. The van der Waals surface area contributed by atoms with Gasteiger partial charge in [-0.25, -0.2) is 8.42 Å². The van der Waals surface area contributed by atoms with Crippen LogP contribution in [-0.2, 0) is 9.84 Å². The van der Waals surface area contributed by atoms with E-state index in [-0.39, 0.29) is 16.0 Å². The normalized spacial score (nSPS) is 13.9. The van der Waals surface area contributed by atoms with E-state index in [0.29, 0.717) is 5.56 Å². The standard InChI is InChI=1S/C15H13F3O3S/c1-22(20,21)11-7-8-12(14(19)15(16,17)18)13(9-11)10-5-3-2-4-6-10/h2-9,14,19H,1H3/t14-/m1/s1. The largest absolute Gasteiger partial charge is 0.418 e. The maximum Gasteiger partial charge on any atom is 0.418 e. The fourth-order valence-corrected chi connectivity index (χ4v) is 2.70. The van der Waals surface area contributed by atoms with Crippen molar-refractivity contribution < 1.29 is 26.7 Å². The molecule has 0 aromatic heterocycles. The molecular formula is C15H13F3O3S. The molecule has 1 atom stereocenters. The van der Waals surface area contributed by atoms with Crippen LogP contribution in [0, 0.1) is 0 Å². The van der Waals surface area contributed by atoms with E-state index < -0.39 is 22.1 Å². The number of hydrogen-bond acceptors (Lipinski definition) is 3. The molecule has 1 N–H and O–H groups in total. The van der Waals surface area contributed by atoms with Gasteiger partial charge in [0.05, 0.1) is 4.90 Å². The number of sulfone groups is 1. The molecule has 0 radical (unpaired) electrons. The second kappa shape index (κ2) is 5.73. The highest BCUT2D eigenvalue weighted by atomic mass is 32.2. The van der Waals surface area contributed by atoms with Crippen molar-refractivity contribution in [2.45, 2.75) is 17.2 Å². The maximum absolute atomic E-state index is 12.8. The van der Waals surface area contributed by atoms with E-state index in [1.54, 1.807) is 30.3 Å². The molecule has 3 nitrogen and oxygen atoms in total. The molecule has 2 aromatic carbocycles. The second-order valence-corrected chi connectivity index (χ2v) is 6.85. The molecule has 0 amide bonds. The van der Waals surface area contributed by atoms with Crippen molar-refractivity contribution in [2.24, 2.45) is 0 Å². The SMILES string of the molecule is CS(=O)(=O)c1ccc([C@@H](O)C(F)(F)F)c(-c2ccccc2)c1. The fourth-order valence-electron chi connectivity index (χ4n) is 2.05. The minimum absolute atomic E-state index is 0.0355. The monoisotopic (exact) mass is 330 g/mol. The smallest absolute Gasteiger partial charge is 0.379 e. The van der Waals surface area contributed by atoms with E-state index in [1.807, 2.05) is 0 Å². The number of aliphatic hydroxyl groups excluding tert-OH is 1. The lowest BCUT2D eigenvalue weighted by atomic mass is 9.96. The Kier molecular flexibility index (Phi) is 4.30. The number of aliphatic hydroxyl groups is 1. The Bertz CT molecular complexity index is 768. The average molecular weight is 330 g/mol. The molecule has 0 heterocycles.